The monoisotopic (exact) mass is 222 g/mol. The first kappa shape index (κ1) is 11.4. The molecule has 1 aliphatic heterocycles. The Hall–Kier alpha value is -1.06. The summed E-state index contributed by atoms with van der Waals surface area (Å²) in [6, 6.07) is 8.07. The highest BCUT2D eigenvalue weighted by Crippen LogP contribution is 2.41. The summed E-state index contributed by atoms with van der Waals surface area (Å²) >= 11 is 0. The van der Waals surface area contributed by atoms with Gasteiger partial charge in [0.15, 0.2) is 0 Å². The first-order valence-electron chi connectivity index (χ1n) is 5.64. The van der Waals surface area contributed by atoms with Crippen molar-refractivity contribution in [2.24, 2.45) is 0 Å². The minimum absolute atomic E-state index is 0.0509. The van der Waals surface area contributed by atoms with Crippen LogP contribution in [0.25, 0.3) is 0 Å². The Bertz CT molecular complexity index is 345. The van der Waals surface area contributed by atoms with Gasteiger partial charge in [-0.1, -0.05) is 18.2 Å². The Labute approximate surface area is 96.0 Å². The lowest BCUT2D eigenvalue weighted by Crippen LogP contribution is -2.47. The Morgan fingerprint density at radius 3 is 2.69 bits per heavy atom. The third-order valence-corrected chi connectivity index (χ3v) is 3.25. The minimum Gasteiger partial charge on any atom is -0.496 e. The van der Waals surface area contributed by atoms with Crippen molar-refractivity contribution in [2.75, 3.05) is 26.9 Å². The van der Waals surface area contributed by atoms with Crippen molar-refractivity contribution in [3.8, 4) is 5.75 Å². The van der Waals surface area contributed by atoms with Gasteiger partial charge in [-0.15, -0.1) is 0 Å². The van der Waals surface area contributed by atoms with Gasteiger partial charge in [-0.2, -0.15) is 0 Å². The Kier molecular flexibility index (Phi) is 3.46. The molecular weight excluding hydrogens is 204 g/mol. The molecule has 1 aromatic carbocycles. The van der Waals surface area contributed by atoms with Crippen LogP contribution in [0.5, 0.6) is 5.75 Å². The number of aliphatic hydroxyl groups is 1. The van der Waals surface area contributed by atoms with E-state index in [0.717, 1.165) is 31.8 Å². The highest BCUT2D eigenvalue weighted by atomic mass is 16.5. The SMILES string of the molecule is COc1ccccc1C1(CCCO)COC1. The van der Waals surface area contributed by atoms with E-state index in [-0.39, 0.29) is 12.0 Å². The molecule has 0 saturated carbocycles. The first-order chi connectivity index (χ1) is 7.82. The van der Waals surface area contributed by atoms with Gasteiger partial charge in [0.2, 0.25) is 0 Å². The largest absolute Gasteiger partial charge is 0.496 e. The van der Waals surface area contributed by atoms with Crippen molar-refractivity contribution in [3.63, 3.8) is 0 Å². The van der Waals surface area contributed by atoms with Crippen molar-refractivity contribution in [1.29, 1.82) is 0 Å². The lowest BCUT2D eigenvalue weighted by atomic mass is 9.74. The summed E-state index contributed by atoms with van der Waals surface area (Å²) in [5.74, 6) is 0.920. The summed E-state index contributed by atoms with van der Waals surface area (Å²) in [5.41, 5.74) is 1.26. The van der Waals surface area contributed by atoms with Gasteiger partial charge in [-0.25, -0.2) is 0 Å². The lowest BCUT2D eigenvalue weighted by molar-refractivity contribution is -0.0673. The molecule has 0 atom stereocenters. The zero-order valence-electron chi connectivity index (χ0n) is 9.61. The average molecular weight is 222 g/mol. The molecule has 0 bridgehead atoms. The van der Waals surface area contributed by atoms with E-state index in [1.807, 2.05) is 18.2 Å². The number of para-hydroxylation sites is 1. The summed E-state index contributed by atoms with van der Waals surface area (Å²) in [6.07, 6.45) is 1.76. The van der Waals surface area contributed by atoms with Gasteiger partial charge in [0, 0.05) is 17.6 Å². The van der Waals surface area contributed by atoms with Crippen LogP contribution in [0.2, 0.25) is 0 Å². The molecule has 0 unspecified atom stereocenters. The van der Waals surface area contributed by atoms with E-state index in [9.17, 15) is 0 Å². The molecule has 1 aromatic rings. The van der Waals surface area contributed by atoms with Gasteiger partial charge < -0.3 is 14.6 Å². The van der Waals surface area contributed by atoms with Crippen molar-refractivity contribution in [3.05, 3.63) is 29.8 Å². The molecule has 1 saturated heterocycles. The van der Waals surface area contributed by atoms with Gasteiger partial charge in [-0.3, -0.25) is 0 Å². The van der Waals surface area contributed by atoms with Crippen LogP contribution in [0.4, 0.5) is 0 Å². The van der Waals surface area contributed by atoms with Gasteiger partial charge in [0.1, 0.15) is 5.75 Å². The molecule has 1 fully saturated rings. The van der Waals surface area contributed by atoms with E-state index >= 15 is 0 Å². The molecule has 0 aliphatic carbocycles. The van der Waals surface area contributed by atoms with E-state index in [1.54, 1.807) is 7.11 Å². The van der Waals surface area contributed by atoms with Crippen LogP contribution >= 0.6 is 0 Å². The summed E-state index contributed by atoms with van der Waals surface area (Å²) in [7, 11) is 1.69. The van der Waals surface area contributed by atoms with Crippen molar-refractivity contribution in [1.82, 2.24) is 0 Å². The predicted molar refractivity (Wildman–Crippen MR) is 61.8 cm³/mol. The molecule has 1 heterocycles. The smallest absolute Gasteiger partial charge is 0.122 e. The second-order valence-corrected chi connectivity index (χ2v) is 4.30. The van der Waals surface area contributed by atoms with Crippen LogP contribution in [0.15, 0.2) is 24.3 Å². The molecule has 3 nitrogen and oxygen atoms in total. The van der Waals surface area contributed by atoms with Gasteiger partial charge >= 0.3 is 0 Å². The maximum Gasteiger partial charge on any atom is 0.122 e. The maximum atomic E-state index is 8.95. The van der Waals surface area contributed by atoms with Crippen molar-refractivity contribution < 1.29 is 14.6 Å². The number of hydrogen-bond donors (Lipinski definition) is 1. The molecule has 0 aromatic heterocycles. The fourth-order valence-electron chi connectivity index (χ4n) is 2.28. The van der Waals surface area contributed by atoms with E-state index in [4.69, 9.17) is 14.6 Å². The standard InChI is InChI=1S/C13H18O3/c1-15-12-6-3-2-5-11(12)13(7-4-8-14)9-16-10-13/h2-3,5-6,14H,4,7-10H2,1H3. The van der Waals surface area contributed by atoms with Gasteiger partial charge in [-0.05, 0) is 18.9 Å². The minimum atomic E-state index is 0.0509. The number of hydrogen-bond acceptors (Lipinski definition) is 3. The Balaban J connectivity index is 2.25. The number of ether oxygens (including phenoxy) is 2. The highest BCUT2D eigenvalue weighted by molar-refractivity contribution is 5.41. The van der Waals surface area contributed by atoms with Crippen molar-refractivity contribution in [2.45, 2.75) is 18.3 Å². The molecule has 1 aliphatic rings. The fraction of sp³-hybridized carbons (Fsp3) is 0.538. The van der Waals surface area contributed by atoms with E-state index in [1.165, 1.54) is 5.56 Å². The van der Waals surface area contributed by atoms with E-state index in [0.29, 0.717) is 0 Å². The summed E-state index contributed by atoms with van der Waals surface area (Å²) in [6.45, 7) is 1.69. The molecule has 2 rings (SSSR count). The number of rotatable bonds is 5. The lowest BCUT2D eigenvalue weighted by Gasteiger charge is -2.42. The zero-order valence-corrected chi connectivity index (χ0v) is 9.61. The van der Waals surface area contributed by atoms with Gasteiger partial charge in [0.05, 0.1) is 20.3 Å². The molecule has 88 valence electrons. The van der Waals surface area contributed by atoms with E-state index < -0.39 is 0 Å². The summed E-state index contributed by atoms with van der Waals surface area (Å²) < 4.78 is 10.7. The Morgan fingerprint density at radius 1 is 1.38 bits per heavy atom. The fourth-order valence-corrected chi connectivity index (χ4v) is 2.28. The topological polar surface area (TPSA) is 38.7 Å². The molecule has 0 amide bonds. The van der Waals surface area contributed by atoms with Crippen molar-refractivity contribution >= 4 is 0 Å². The summed E-state index contributed by atoms with van der Waals surface area (Å²) in [4.78, 5) is 0. The van der Waals surface area contributed by atoms with Crippen LogP contribution in [0.3, 0.4) is 0 Å². The predicted octanol–water partition coefficient (Wildman–Crippen LogP) is 1.74. The molecular formula is C13H18O3. The first-order valence-corrected chi connectivity index (χ1v) is 5.64. The molecule has 16 heavy (non-hydrogen) atoms. The number of methoxy groups -OCH3 is 1. The van der Waals surface area contributed by atoms with Gasteiger partial charge in [0.25, 0.3) is 0 Å². The molecule has 0 spiro atoms. The maximum absolute atomic E-state index is 8.95. The molecule has 0 radical (unpaired) electrons. The van der Waals surface area contributed by atoms with Crippen LogP contribution in [0, 0.1) is 0 Å². The van der Waals surface area contributed by atoms with Crippen LogP contribution < -0.4 is 4.74 Å². The molecule has 1 N–H and O–H groups in total. The Morgan fingerprint density at radius 2 is 2.12 bits per heavy atom. The third-order valence-electron chi connectivity index (χ3n) is 3.25. The normalized spacial score (nSPS) is 17.9. The quantitative estimate of drug-likeness (QED) is 0.824. The van der Waals surface area contributed by atoms with E-state index in [2.05, 4.69) is 6.07 Å². The molecule has 3 heteroatoms. The number of benzene rings is 1. The second kappa shape index (κ2) is 4.85. The third kappa shape index (κ3) is 1.93. The van der Waals surface area contributed by atoms with Crippen LogP contribution in [-0.4, -0.2) is 32.0 Å². The average Bonchev–Trinajstić information content (AvgIpc) is 2.28. The highest BCUT2D eigenvalue weighted by Gasteiger charge is 2.41. The summed E-state index contributed by atoms with van der Waals surface area (Å²) in [5, 5.41) is 8.95. The second-order valence-electron chi connectivity index (χ2n) is 4.30. The number of aliphatic hydroxyl groups excluding tert-OH is 1. The van der Waals surface area contributed by atoms with Crippen LogP contribution in [-0.2, 0) is 10.2 Å². The van der Waals surface area contributed by atoms with Crippen LogP contribution in [0.1, 0.15) is 18.4 Å². The zero-order chi connectivity index (χ0) is 11.4.